The highest BCUT2D eigenvalue weighted by molar-refractivity contribution is 4.85. The molecule has 0 aromatic carbocycles. The molecule has 0 aromatic rings. The Morgan fingerprint density at radius 2 is 2.20 bits per heavy atom. The van der Waals surface area contributed by atoms with E-state index < -0.39 is 0 Å². The van der Waals surface area contributed by atoms with Crippen LogP contribution in [0, 0.1) is 5.41 Å². The quantitative estimate of drug-likeness (QED) is 0.591. The predicted molar refractivity (Wildman–Crippen MR) is 42.1 cm³/mol. The Bertz CT molecular complexity index is 112. The Labute approximate surface area is 63.0 Å². The van der Waals surface area contributed by atoms with E-state index >= 15 is 0 Å². The Morgan fingerprint density at radius 1 is 1.50 bits per heavy atom. The Balaban J connectivity index is 2.51. The second kappa shape index (κ2) is 2.89. The zero-order valence-electron chi connectivity index (χ0n) is 7.11. The van der Waals surface area contributed by atoms with Gasteiger partial charge in [-0.05, 0) is 13.5 Å². The van der Waals surface area contributed by atoms with Crippen LogP contribution >= 0.6 is 0 Å². The molecule has 0 aliphatic carbocycles. The van der Waals surface area contributed by atoms with Crippen LogP contribution in [-0.2, 0) is 4.74 Å². The van der Waals surface area contributed by atoms with Gasteiger partial charge in [0.25, 0.3) is 0 Å². The molecule has 1 N–H and O–H groups in total. The van der Waals surface area contributed by atoms with Crippen molar-refractivity contribution in [3.63, 3.8) is 0 Å². The fourth-order valence-electron chi connectivity index (χ4n) is 1.56. The second-order valence-corrected chi connectivity index (χ2v) is 3.67. The SMILES string of the molecule is CNC1CCOCC1(C)C. The molecule has 0 saturated carbocycles. The normalized spacial score (nSPS) is 32.1. The molecule has 1 atom stereocenters. The van der Waals surface area contributed by atoms with Crippen molar-refractivity contribution in [1.82, 2.24) is 5.32 Å². The number of nitrogens with one attached hydrogen (secondary N) is 1. The van der Waals surface area contributed by atoms with Gasteiger partial charge in [-0.15, -0.1) is 0 Å². The van der Waals surface area contributed by atoms with Crippen molar-refractivity contribution >= 4 is 0 Å². The van der Waals surface area contributed by atoms with Gasteiger partial charge in [0.05, 0.1) is 6.61 Å². The first-order valence-electron chi connectivity index (χ1n) is 3.92. The fourth-order valence-corrected chi connectivity index (χ4v) is 1.56. The van der Waals surface area contributed by atoms with Gasteiger partial charge in [0.15, 0.2) is 0 Å². The van der Waals surface area contributed by atoms with Gasteiger partial charge < -0.3 is 10.1 Å². The van der Waals surface area contributed by atoms with Crippen LogP contribution in [0.3, 0.4) is 0 Å². The van der Waals surface area contributed by atoms with Gasteiger partial charge in [0.1, 0.15) is 0 Å². The smallest absolute Gasteiger partial charge is 0.0532 e. The molecule has 0 spiro atoms. The summed E-state index contributed by atoms with van der Waals surface area (Å²) >= 11 is 0. The van der Waals surface area contributed by atoms with E-state index in [1.807, 2.05) is 7.05 Å². The molecule has 1 aliphatic heterocycles. The molecule has 1 rings (SSSR count). The van der Waals surface area contributed by atoms with Gasteiger partial charge in [0.2, 0.25) is 0 Å². The minimum atomic E-state index is 0.312. The topological polar surface area (TPSA) is 21.3 Å². The monoisotopic (exact) mass is 143 g/mol. The zero-order chi connectivity index (χ0) is 7.61. The molecule has 60 valence electrons. The molecule has 1 fully saturated rings. The van der Waals surface area contributed by atoms with Crippen LogP contribution in [0.5, 0.6) is 0 Å². The lowest BCUT2D eigenvalue weighted by atomic mass is 9.82. The summed E-state index contributed by atoms with van der Waals surface area (Å²) in [5.41, 5.74) is 0.312. The second-order valence-electron chi connectivity index (χ2n) is 3.67. The molecule has 1 saturated heterocycles. The third kappa shape index (κ3) is 1.50. The van der Waals surface area contributed by atoms with Crippen molar-refractivity contribution in [2.45, 2.75) is 26.3 Å². The van der Waals surface area contributed by atoms with E-state index in [1.165, 1.54) is 0 Å². The highest BCUT2D eigenvalue weighted by atomic mass is 16.5. The number of hydrogen-bond donors (Lipinski definition) is 1. The highest BCUT2D eigenvalue weighted by Crippen LogP contribution is 2.26. The molecule has 1 aliphatic rings. The van der Waals surface area contributed by atoms with E-state index in [-0.39, 0.29) is 0 Å². The maximum absolute atomic E-state index is 5.38. The van der Waals surface area contributed by atoms with Gasteiger partial charge in [-0.25, -0.2) is 0 Å². The molecule has 2 nitrogen and oxygen atoms in total. The van der Waals surface area contributed by atoms with E-state index in [9.17, 15) is 0 Å². The Kier molecular flexibility index (Phi) is 2.32. The maximum Gasteiger partial charge on any atom is 0.0532 e. The molecule has 0 bridgehead atoms. The summed E-state index contributed by atoms with van der Waals surface area (Å²) in [6.45, 7) is 6.29. The number of ether oxygens (including phenoxy) is 1. The van der Waals surface area contributed by atoms with Crippen LogP contribution in [-0.4, -0.2) is 26.3 Å². The number of hydrogen-bond acceptors (Lipinski definition) is 2. The predicted octanol–water partition coefficient (Wildman–Crippen LogP) is 1.02. The Morgan fingerprint density at radius 3 is 2.60 bits per heavy atom. The third-order valence-electron chi connectivity index (χ3n) is 2.32. The molecule has 1 unspecified atom stereocenters. The van der Waals surface area contributed by atoms with Crippen LogP contribution in [0.2, 0.25) is 0 Å². The maximum atomic E-state index is 5.38. The van der Waals surface area contributed by atoms with Crippen LogP contribution in [0.4, 0.5) is 0 Å². The van der Waals surface area contributed by atoms with Crippen LogP contribution in [0.25, 0.3) is 0 Å². The van der Waals surface area contributed by atoms with Gasteiger partial charge >= 0.3 is 0 Å². The summed E-state index contributed by atoms with van der Waals surface area (Å²) in [4.78, 5) is 0. The molecule has 1 heterocycles. The van der Waals surface area contributed by atoms with Crippen LogP contribution in [0.1, 0.15) is 20.3 Å². The van der Waals surface area contributed by atoms with Crippen molar-refractivity contribution in [3.8, 4) is 0 Å². The van der Waals surface area contributed by atoms with E-state index in [1.54, 1.807) is 0 Å². The lowest BCUT2D eigenvalue weighted by Gasteiger charge is -2.38. The van der Waals surface area contributed by atoms with Crippen molar-refractivity contribution in [2.75, 3.05) is 20.3 Å². The zero-order valence-corrected chi connectivity index (χ0v) is 7.11. The van der Waals surface area contributed by atoms with E-state index in [4.69, 9.17) is 4.74 Å². The summed E-state index contributed by atoms with van der Waals surface area (Å²) < 4.78 is 5.38. The van der Waals surface area contributed by atoms with Crippen LogP contribution < -0.4 is 5.32 Å². The first kappa shape index (κ1) is 8.02. The first-order chi connectivity index (χ1) is 4.67. The summed E-state index contributed by atoms with van der Waals surface area (Å²) in [5.74, 6) is 0. The molecular formula is C8H17NO. The van der Waals surface area contributed by atoms with E-state index in [2.05, 4.69) is 19.2 Å². The van der Waals surface area contributed by atoms with E-state index in [0.717, 1.165) is 19.6 Å². The van der Waals surface area contributed by atoms with Crippen LogP contribution in [0.15, 0.2) is 0 Å². The minimum absolute atomic E-state index is 0.312. The lowest BCUT2D eigenvalue weighted by Crippen LogP contribution is -2.46. The lowest BCUT2D eigenvalue weighted by molar-refractivity contribution is -0.0109. The fraction of sp³-hybridized carbons (Fsp3) is 1.00. The first-order valence-corrected chi connectivity index (χ1v) is 3.92. The van der Waals surface area contributed by atoms with Crippen molar-refractivity contribution in [3.05, 3.63) is 0 Å². The summed E-state index contributed by atoms with van der Waals surface area (Å²) in [6.07, 6.45) is 1.14. The highest BCUT2D eigenvalue weighted by Gasteiger charge is 2.31. The van der Waals surface area contributed by atoms with Gasteiger partial charge in [-0.1, -0.05) is 13.8 Å². The molecule has 2 heteroatoms. The van der Waals surface area contributed by atoms with Crippen molar-refractivity contribution < 1.29 is 4.74 Å². The largest absolute Gasteiger partial charge is 0.381 e. The Hall–Kier alpha value is -0.0800. The average molecular weight is 143 g/mol. The average Bonchev–Trinajstić information content (AvgIpc) is 1.87. The van der Waals surface area contributed by atoms with Crippen molar-refractivity contribution in [1.29, 1.82) is 0 Å². The molecule has 0 amide bonds. The molecule has 0 radical (unpaired) electrons. The minimum Gasteiger partial charge on any atom is -0.381 e. The van der Waals surface area contributed by atoms with Crippen molar-refractivity contribution in [2.24, 2.45) is 5.41 Å². The standard InChI is InChI=1S/C8H17NO/c1-8(2)6-10-5-4-7(8)9-3/h7,9H,4-6H2,1-3H3. The van der Waals surface area contributed by atoms with E-state index in [0.29, 0.717) is 11.5 Å². The summed E-state index contributed by atoms with van der Waals surface area (Å²) in [5, 5.41) is 3.31. The van der Waals surface area contributed by atoms with Gasteiger partial charge in [0, 0.05) is 18.1 Å². The van der Waals surface area contributed by atoms with Gasteiger partial charge in [-0.3, -0.25) is 0 Å². The molecule has 10 heavy (non-hydrogen) atoms. The summed E-state index contributed by atoms with van der Waals surface area (Å²) in [7, 11) is 2.03. The molecule has 0 aromatic heterocycles. The summed E-state index contributed by atoms with van der Waals surface area (Å²) in [6, 6.07) is 0.626. The van der Waals surface area contributed by atoms with Gasteiger partial charge in [-0.2, -0.15) is 0 Å². The third-order valence-corrected chi connectivity index (χ3v) is 2.32. The number of rotatable bonds is 1. The molecular weight excluding hydrogens is 126 g/mol.